The largest absolute Gasteiger partial charge is 0.376 e. The van der Waals surface area contributed by atoms with Crippen LogP contribution in [-0.2, 0) is 27.6 Å². The van der Waals surface area contributed by atoms with Crippen molar-refractivity contribution in [2.24, 2.45) is 0 Å². The molecule has 2 aliphatic rings. The fourth-order valence-corrected chi connectivity index (χ4v) is 4.51. The molecule has 1 aromatic rings. The number of rotatable bonds is 1. The van der Waals surface area contributed by atoms with Crippen molar-refractivity contribution in [2.45, 2.75) is 25.4 Å². The minimum absolute atomic E-state index is 0.0372. The van der Waals surface area contributed by atoms with Crippen molar-refractivity contribution >= 4 is 22.1 Å². The van der Waals surface area contributed by atoms with Crippen molar-refractivity contribution in [3.8, 4) is 0 Å². The van der Waals surface area contributed by atoms with Crippen LogP contribution < -0.4 is 0 Å². The molecule has 5 nitrogen and oxygen atoms in total. The Kier molecular flexibility index (Phi) is 2.99. The lowest BCUT2D eigenvalue weighted by Gasteiger charge is -2.18. The molecule has 1 unspecified atom stereocenters. The van der Waals surface area contributed by atoms with E-state index in [9.17, 15) is 8.42 Å². The van der Waals surface area contributed by atoms with Gasteiger partial charge in [-0.1, -0.05) is 12.2 Å². The summed E-state index contributed by atoms with van der Waals surface area (Å²) in [6, 6.07) is 0. The zero-order valence-corrected chi connectivity index (χ0v) is 11.4. The molecule has 18 heavy (non-hydrogen) atoms. The van der Waals surface area contributed by atoms with E-state index in [4.69, 9.17) is 17.0 Å². The van der Waals surface area contributed by atoms with Gasteiger partial charge in [-0.3, -0.25) is 0 Å². The average molecular weight is 286 g/mol. The lowest BCUT2D eigenvalue weighted by molar-refractivity contribution is 0.108. The Bertz CT molecular complexity index is 636. The van der Waals surface area contributed by atoms with Gasteiger partial charge in [0, 0.05) is 23.6 Å². The number of nitrogens with one attached hydrogen (secondary N) is 1. The van der Waals surface area contributed by atoms with Crippen LogP contribution in [0.25, 0.3) is 0 Å². The predicted octanol–water partition coefficient (Wildman–Crippen LogP) is 1.11. The zero-order chi connectivity index (χ0) is 12.8. The van der Waals surface area contributed by atoms with E-state index in [0.29, 0.717) is 24.3 Å². The molecule has 3 heterocycles. The van der Waals surface area contributed by atoms with Crippen molar-refractivity contribution in [2.75, 3.05) is 18.1 Å². The van der Waals surface area contributed by atoms with Gasteiger partial charge in [0.05, 0.1) is 24.7 Å². The van der Waals surface area contributed by atoms with E-state index in [-0.39, 0.29) is 17.4 Å². The first-order valence-electron chi connectivity index (χ1n) is 5.95. The van der Waals surface area contributed by atoms with Gasteiger partial charge in [-0.2, -0.15) is 0 Å². The first kappa shape index (κ1) is 12.3. The highest BCUT2D eigenvalue weighted by Gasteiger charge is 2.31. The van der Waals surface area contributed by atoms with E-state index in [1.807, 2.05) is 0 Å². The maximum absolute atomic E-state index is 11.5. The Balaban J connectivity index is 1.99. The molecule has 0 bridgehead atoms. The number of hydrogen-bond acceptors (Lipinski definition) is 5. The summed E-state index contributed by atoms with van der Waals surface area (Å²) in [6.45, 7) is 1.17. The standard InChI is InChI=1S/C11H14N2O3S2/c14-18(15)4-2-7(6-18)10-12-9-1-3-16-5-8(9)11(17)13-10/h7H,1-6H2,(H,12,13,17). The summed E-state index contributed by atoms with van der Waals surface area (Å²) in [5, 5.41) is 0. The van der Waals surface area contributed by atoms with Crippen LogP contribution in [0.2, 0.25) is 0 Å². The molecule has 0 amide bonds. The third kappa shape index (κ3) is 2.22. The van der Waals surface area contributed by atoms with Gasteiger partial charge in [-0.15, -0.1) is 0 Å². The van der Waals surface area contributed by atoms with Crippen LogP contribution in [0.5, 0.6) is 0 Å². The Hall–Kier alpha value is -0.790. The molecule has 7 heteroatoms. The van der Waals surface area contributed by atoms with Gasteiger partial charge >= 0.3 is 0 Å². The van der Waals surface area contributed by atoms with E-state index < -0.39 is 9.84 Å². The van der Waals surface area contributed by atoms with Crippen molar-refractivity contribution in [1.82, 2.24) is 9.97 Å². The normalized spacial score (nSPS) is 25.9. The average Bonchev–Trinajstić information content (AvgIpc) is 2.70. The minimum atomic E-state index is -2.90. The van der Waals surface area contributed by atoms with Crippen LogP contribution in [0.1, 0.15) is 29.4 Å². The van der Waals surface area contributed by atoms with Crippen molar-refractivity contribution in [3.05, 3.63) is 21.7 Å². The summed E-state index contributed by atoms with van der Waals surface area (Å²) < 4.78 is 28.9. The van der Waals surface area contributed by atoms with Crippen LogP contribution in [0.3, 0.4) is 0 Å². The molecule has 0 aromatic carbocycles. The summed E-state index contributed by atoms with van der Waals surface area (Å²) in [4.78, 5) is 7.61. The first-order chi connectivity index (χ1) is 8.55. The highest BCUT2D eigenvalue weighted by atomic mass is 32.2. The van der Waals surface area contributed by atoms with Gasteiger partial charge < -0.3 is 9.72 Å². The van der Waals surface area contributed by atoms with Gasteiger partial charge in [0.1, 0.15) is 10.5 Å². The molecular formula is C11H14N2O3S2. The lowest BCUT2D eigenvalue weighted by atomic mass is 10.1. The molecule has 1 aromatic heterocycles. The molecule has 1 atom stereocenters. The SMILES string of the molecule is O=S1(=O)CCC(c2nc(=S)c3c([nH]2)CCOC3)C1. The molecular weight excluding hydrogens is 272 g/mol. The van der Waals surface area contributed by atoms with Crippen LogP contribution in [0.4, 0.5) is 0 Å². The van der Waals surface area contributed by atoms with Crippen LogP contribution in [0.15, 0.2) is 0 Å². The number of nitrogens with zero attached hydrogens (tertiary/aromatic N) is 1. The summed E-state index contributed by atoms with van der Waals surface area (Å²) in [6.07, 6.45) is 1.42. The molecule has 2 aliphatic heterocycles. The summed E-state index contributed by atoms with van der Waals surface area (Å²) in [5.74, 6) is 1.12. The first-order valence-corrected chi connectivity index (χ1v) is 8.18. The Morgan fingerprint density at radius 1 is 1.44 bits per heavy atom. The maximum Gasteiger partial charge on any atom is 0.151 e. The van der Waals surface area contributed by atoms with E-state index >= 15 is 0 Å². The molecule has 1 fully saturated rings. The summed E-state index contributed by atoms with van der Waals surface area (Å²) in [7, 11) is -2.90. The maximum atomic E-state index is 11.5. The lowest BCUT2D eigenvalue weighted by Crippen LogP contribution is -2.17. The second kappa shape index (κ2) is 4.40. The number of aromatic amines is 1. The number of aromatic nitrogens is 2. The fourth-order valence-electron chi connectivity index (χ4n) is 2.48. The number of hydrogen-bond donors (Lipinski definition) is 1. The smallest absolute Gasteiger partial charge is 0.151 e. The number of H-pyrrole nitrogens is 1. The minimum Gasteiger partial charge on any atom is -0.376 e. The highest BCUT2D eigenvalue weighted by Crippen LogP contribution is 2.27. The highest BCUT2D eigenvalue weighted by molar-refractivity contribution is 7.91. The topological polar surface area (TPSA) is 72.0 Å². The number of fused-ring (bicyclic) bond motifs is 1. The van der Waals surface area contributed by atoms with E-state index in [1.165, 1.54) is 0 Å². The molecule has 0 spiro atoms. The monoisotopic (exact) mass is 286 g/mol. The predicted molar refractivity (Wildman–Crippen MR) is 68.8 cm³/mol. The molecule has 0 radical (unpaired) electrons. The number of ether oxygens (including phenoxy) is 1. The Morgan fingerprint density at radius 3 is 3.00 bits per heavy atom. The second-order valence-corrected chi connectivity index (χ2v) is 7.40. The fraction of sp³-hybridized carbons (Fsp3) is 0.636. The van der Waals surface area contributed by atoms with Crippen LogP contribution in [-0.4, -0.2) is 36.5 Å². The molecule has 3 rings (SSSR count). The van der Waals surface area contributed by atoms with Gasteiger partial charge in [0.25, 0.3) is 0 Å². The molecule has 1 N–H and O–H groups in total. The van der Waals surface area contributed by atoms with Gasteiger partial charge in [0.2, 0.25) is 0 Å². The van der Waals surface area contributed by atoms with Gasteiger partial charge in [-0.25, -0.2) is 13.4 Å². The quantitative estimate of drug-likeness (QED) is 0.783. The third-order valence-electron chi connectivity index (χ3n) is 3.49. The van der Waals surface area contributed by atoms with E-state index in [1.54, 1.807) is 0 Å². The second-order valence-electron chi connectivity index (χ2n) is 4.79. The zero-order valence-electron chi connectivity index (χ0n) is 9.81. The molecule has 0 saturated carbocycles. The molecule has 1 saturated heterocycles. The van der Waals surface area contributed by atoms with Crippen LogP contribution in [0, 0.1) is 4.64 Å². The van der Waals surface area contributed by atoms with Crippen molar-refractivity contribution in [1.29, 1.82) is 0 Å². The molecule has 0 aliphatic carbocycles. The summed E-state index contributed by atoms with van der Waals surface area (Å²) >= 11 is 5.26. The van der Waals surface area contributed by atoms with E-state index in [2.05, 4.69) is 9.97 Å². The van der Waals surface area contributed by atoms with Crippen LogP contribution >= 0.6 is 12.2 Å². The van der Waals surface area contributed by atoms with Crippen molar-refractivity contribution < 1.29 is 13.2 Å². The molecule has 98 valence electrons. The Morgan fingerprint density at radius 2 is 2.28 bits per heavy atom. The Labute approximate surface area is 111 Å². The van der Waals surface area contributed by atoms with Gasteiger partial charge in [-0.05, 0) is 6.42 Å². The number of sulfone groups is 1. The summed E-state index contributed by atoms with van der Waals surface area (Å²) in [5.41, 5.74) is 2.00. The van der Waals surface area contributed by atoms with Crippen molar-refractivity contribution in [3.63, 3.8) is 0 Å². The third-order valence-corrected chi connectivity index (χ3v) is 5.59. The van der Waals surface area contributed by atoms with E-state index in [0.717, 1.165) is 23.5 Å². The van der Waals surface area contributed by atoms with Gasteiger partial charge in [0.15, 0.2) is 9.84 Å².